The van der Waals surface area contributed by atoms with Crippen LogP contribution >= 0.6 is 0 Å². The highest BCUT2D eigenvalue weighted by atomic mass is 15.3. The van der Waals surface area contributed by atoms with Gasteiger partial charge in [-0.3, -0.25) is 9.80 Å². The second kappa shape index (κ2) is 9.17. The smallest absolute Gasteiger partial charge is 0.0159 e. The number of hydrogen-bond donors (Lipinski definition) is 0. The molecule has 2 rings (SSSR count). The van der Waals surface area contributed by atoms with Crippen molar-refractivity contribution in [2.75, 3.05) is 46.3 Å². The third-order valence-corrected chi connectivity index (χ3v) is 8.57. The fraction of sp³-hybridized carbons (Fsp3) is 1.00. The Bertz CT molecular complexity index is 504. The summed E-state index contributed by atoms with van der Waals surface area (Å²) in [5, 5.41) is 0. The molecule has 0 saturated carbocycles. The monoisotopic (exact) mass is 407 g/mol. The minimum atomic E-state index is 0.298. The lowest BCUT2D eigenvalue weighted by molar-refractivity contribution is -0.0152. The summed E-state index contributed by atoms with van der Waals surface area (Å²) < 4.78 is 0. The highest BCUT2D eigenvalue weighted by Gasteiger charge is 2.42. The quantitative estimate of drug-likeness (QED) is 0.507. The molecule has 0 N–H and O–H groups in total. The minimum absolute atomic E-state index is 0.298. The average Bonchev–Trinajstić information content (AvgIpc) is 2.60. The van der Waals surface area contributed by atoms with Crippen molar-refractivity contribution in [2.24, 2.45) is 16.7 Å². The van der Waals surface area contributed by atoms with Crippen LogP contribution in [-0.4, -0.2) is 72.1 Å². The maximum Gasteiger partial charge on any atom is 0.0159 e. The Labute approximate surface area is 183 Å². The Balaban J connectivity index is 1.93. The van der Waals surface area contributed by atoms with Crippen LogP contribution in [0.2, 0.25) is 0 Å². The van der Waals surface area contributed by atoms with Crippen molar-refractivity contribution in [3.63, 3.8) is 0 Å². The Morgan fingerprint density at radius 2 is 1.10 bits per heavy atom. The summed E-state index contributed by atoms with van der Waals surface area (Å²) in [7, 11) is 2.26. The van der Waals surface area contributed by atoms with E-state index in [2.05, 4.69) is 84.1 Å². The first-order valence-electron chi connectivity index (χ1n) is 12.4. The van der Waals surface area contributed by atoms with Crippen molar-refractivity contribution >= 4 is 0 Å². The molecule has 0 aliphatic carbocycles. The predicted molar refractivity (Wildman–Crippen MR) is 129 cm³/mol. The lowest BCUT2D eigenvalue weighted by Crippen LogP contribution is -2.56. The first-order valence-corrected chi connectivity index (χ1v) is 12.4. The molecule has 2 fully saturated rings. The second-order valence-electron chi connectivity index (χ2n) is 13.0. The third kappa shape index (κ3) is 6.68. The van der Waals surface area contributed by atoms with E-state index in [1.165, 1.54) is 71.4 Å². The normalized spacial score (nSPS) is 23.0. The number of piperidine rings is 1. The van der Waals surface area contributed by atoms with Crippen molar-refractivity contribution in [1.29, 1.82) is 0 Å². The first-order chi connectivity index (χ1) is 13.2. The van der Waals surface area contributed by atoms with E-state index in [1.54, 1.807) is 0 Å². The van der Waals surface area contributed by atoms with Crippen LogP contribution in [0.4, 0.5) is 0 Å². The van der Waals surface area contributed by atoms with E-state index < -0.39 is 0 Å². The molecule has 0 amide bonds. The zero-order chi connectivity index (χ0) is 22.1. The summed E-state index contributed by atoms with van der Waals surface area (Å²) in [6, 6.07) is 0. The molecular formula is C26H53N3. The van der Waals surface area contributed by atoms with Crippen LogP contribution in [-0.2, 0) is 0 Å². The first kappa shape index (κ1) is 25.1. The van der Waals surface area contributed by atoms with E-state index in [0.717, 1.165) is 5.92 Å². The Morgan fingerprint density at radius 3 is 1.59 bits per heavy atom. The van der Waals surface area contributed by atoms with E-state index in [1.807, 2.05) is 0 Å². The molecule has 0 bridgehead atoms. The number of nitrogens with zero attached hydrogens (tertiary/aromatic N) is 3. The van der Waals surface area contributed by atoms with Gasteiger partial charge in [0, 0.05) is 37.3 Å². The highest BCUT2D eigenvalue weighted by Crippen LogP contribution is 2.44. The van der Waals surface area contributed by atoms with Gasteiger partial charge in [-0.2, -0.15) is 0 Å². The van der Waals surface area contributed by atoms with Gasteiger partial charge < -0.3 is 4.90 Å². The zero-order valence-electron chi connectivity index (χ0n) is 21.7. The predicted octanol–water partition coefficient (Wildman–Crippen LogP) is 5.75. The molecule has 0 aromatic heterocycles. The van der Waals surface area contributed by atoms with Gasteiger partial charge in [-0.1, -0.05) is 41.0 Å². The van der Waals surface area contributed by atoms with Gasteiger partial charge in [-0.15, -0.1) is 0 Å². The van der Waals surface area contributed by atoms with Crippen LogP contribution in [0.15, 0.2) is 0 Å². The Kier molecular flexibility index (Phi) is 7.95. The van der Waals surface area contributed by atoms with E-state index >= 15 is 0 Å². The zero-order valence-corrected chi connectivity index (χ0v) is 21.7. The molecule has 172 valence electrons. The topological polar surface area (TPSA) is 9.72 Å². The molecular weight excluding hydrogens is 354 g/mol. The summed E-state index contributed by atoms with van der Waals surface area (Å²) >= 11 is 0. The minimum Gasteiger partial charge on any atom is -0.304 e. The molecule has 0 aromatic carbocycles. The van der Waals surface area contributed by atoms with Crippen molar-refractivity contribution in [3.8, 4) is 0 Å². The maximum absolute atomic E-state index is 2.79. The number of rotatable bonds is 8. The second-order valence-corrected chi connectivity index (χ2v) is 13.0. The van der Waals surface area contributed by atoms with Crippen LogP contribution in [0.25, 0.3) is 0 Å². The number of hydrogen-bond acceptors (Lipinski definition) is 3. The number of piperazine rings is 1. The van der Waals surface area contributed by atoms with Gasteiger partial charge in [0.05, 0.1) is 0 Å². The highest BCUT2D eigenvalue weighted by molar-refractivity contribution is 4.96. The summed E-state index contributed by atoms with van der Waals surface area (Å²) in [5.74, 6) is 0.848. The van der Waals surface area contributed by atoms with E-state index in [-0.39, 0.29) is 0 Å². The average molecular weight is 408 g/mol. The van der Waals surface area contributed by atoms with E-state index in [4.69, 9.17) is 0 Å². The fourth-order valence-corrected chi connectivity index (χ4v) is 6.46. The van der Waals surface area contributed by atoms with Crippen LogP contribution in [0, 0.1) is 16.7 Å². The lowest BCUT2D eigenvalue weighted by atomic mass is 9.67. The van der Waals surface area contributed by atoms with Gasteiger partial charge in [0.15, 0.2) is 0 Å². The van der Waals surface area contributed by atoms with Gasteiger partial charge in [0.2, 0.25) is 0 Å². The summed E-state index contributed by atoms with van der Waals surface area (Å²) in [6.07, 6.45) is 6.59. The van der Waals surface area contributed by atoms with Crippen molar-refractivity contribution < 1.29 is 0 Å². The molecule has 0 spiro atoms. The van der Waals surface area contributed by atoms with Crippen LogP contribution in [0.3, 0.4) is 0 Å². The number of likely N-dealkylation sites (N-methyl/N-ethyl adjacent to an activating group) is 1. The summed E-state index contributed by atoms with van der Waals surface area (Å²) in [4.78, 5) is 8.01. The fourth-order valence-electron chi connectivity index (χ4n) is 6.46. The largest absolute Gasteiger partial charge is 0.304 e. The van der Waals surface area contributed by atoms with Crippen molar-refractivity contribution in [3.05, 3.63) is 0 Å². The van der Waals surface area contributed by atoms with Gasteiger partial charge in [-0.05, 0) is 90.3 Å². The van der Waals surface area contributed by atoms with Gasteiger partial charge in [0.1, 0.15) is 0 Å². The van der Waals surface area contributed by atoms with Gasteiger partial charge >= 0.3 is 0 Å². The standard InChI is InChI=1S/C26H53N3/c1-11-23(2,3)20-25(6,7)28-14-12-22(13-15-28)24(4,5)21-26(8,9)29-18-16-27(10)17-19-29/h22H,11-21H2,1-10H3. The molecule has 3 heteroatoms. The van der Waals surface area contributed by atoms with Gasteiger partial charge in [0.25, 0.3) is 0 Å². The molecule has 2 aliphatic rings. The molecule has 2 saturated heterocycles. The van der Waals surface area contributed by atoms with E-state index in [0.29, 0.717) is 21.9 Å². The Hall–Kier alpha value is -0.120. The molecule has 2 heterocycles. The molecule has 0 atom stereocenters. The van der Waals surface area contributed by atoms with Crippen molar-refractivity contribution in [2.45, 2.75) is 105 Å². The molecule has 0 aromatic rings. The molecule has 0 radical (unpaired) electrons. The van der Waals surface area contributed by atoms with Gasteiger partial charge in [-0.25, -0.2) is 0 Å². The molecule has 2 aliphatic heterocycles. The van der Waals surface area contributed by atoms with E-state index in [9.17, 15) is 0 Å². The number of likely N-dealkylation sites (tertiary alicyclic amines) is 1. The molecule has 29 heavy (non-hydrogen) atoms. The van der Waals surface area contributed by atoms with Crippen LogP contribution in [0.1, 0.15) is 94.4 Å². The summed E-state index contributed by atoms with van der Waals surface area (Å²) in [6.45, 7) is 29.7. The lowest BCUT2D eigenvalue weighted by Gasteiger charge is -2.51. The van der Waals surface area contributed by atoms with Crippen molar-refractivity contribution in [1.82, 2.24) is 14.7 Å². The third-order valence-electron chi connectivity index (χ3n) is 8.57. The summed E-state index contributed by atoms with van der Waals surface area (Å²) in [5.41, 5.74) is 1.46. The van der Waals surface area contributed by atoms with Crippen LogP contribution in [0.5, 0.6) is 0 Å². The Morgan fingerprint density at radius 1 is 0.655 bits per heavy atom. The maximum atomic E-state index is 2.79. The molecule has 3 nitrogen and oxygen atoms in total. The molecule has 0 unspecified atom stereocenters. The SMILES string of the molecule is CCC(C)(C)CC(C)(C)N1CCC(C(C)(C)CC(C)(C)N2CCN(C)CC2)CC1. The van der Waals surface area contributed by atoms with Crippen LogP contribution < -0.4 is 0 Å².